The molecule has 1 heterocycles. The van der Waals surface area contributed by atoms with Crippen LogP contribution in [0.15, 0.2) is 53.0 Å². The first-order valence-corrected chi connectivity index (χ1v) is 9.28. The number of carbonyl (C=O) groups excluding carboxylic acids is 1. The van der Waals surface area contributed by atoms with E-state index in [-0.39, 0.29) is 11.9 Å². The number of hydrogen-bond acceptors (Lipinski definition) is 2. The number of likely N-dealkylation sites (tertiary alicyclic amines) is 1. The first-order chi connectivity index (χ1) is 11.6. The Balaban J connectivity index is 1.81. The van der Waals surface area contributed by atoms with Gasteiger partial charge in [0.25, 0.3) is 5.91 Å². The van der Waals surface area contributed by atoms with Crippen LogP contribution in [-0.4, -0.2) is 30.4 Å². The summed E-state index contributed by atoms with van der Waals surface area (Å²) in [5.74, 6) is -0.0203. The van der Waals surface area contributed by atoms with E-state index in [0.717, 1.165) is 40.8 Å². The first-order valence-electron chi connectivity index (χ1n) is 8.48. The minimum Gasteiger partial charge on any atom is -0.344 e. The molecule has 1 aliphatic heterocycles. The lowest BCUT2D eigenvalue weighted by Gasteiger charge is -2.25. The van der Waals surface area contributed by atoms with Gasteiger partial charge in [-0.05, 0) is 66.0 Å². The number of halogens is 1. The average Bonchev–Trinajstić information content (AvgIpc) is 3.08. The van der Waals surface area contributed by atoms with Gasteiger partial charge in [0.2, 0.25) is 0 Å². The highest BCUT2D eigenvalue weighted by atomic mass is 79.9. The van der Waals surface area contributed by atoms with Gasteiger partial charge >= 0.3 is 0 Å². The average molecular weight is 387 g/mol. The van der Waals surface area contributed by atoms with E-state index in [1.54, 1.807) is 0 Å². The Morgan fingerprint density at radius 2 is 1.83 bits per heavy atom. The summed E-state index contributed by atoms with van der Waals surface area (Å²) in [7, 11) is 0. The van der Waals surface area contributed by atoms with E-state index in [0.29, 0.717) is 0 Å². The Morgan fingerprint density at radius 1 is 1.12 bits per heavy atom. The molecule has 1 aliphatic rings. The van der Waals surface area contributed by atoms with Gasteiger partial charge in [0.05, 0.1) is 11.6 Å². The normalized spacial score (nSPS) is 16.1. The molecule has 0 saturated carbocycles. The second kappa shape index (κ2) is 7.95. The van der Waals surface area contributed by atoms with Crippen molar-refractivity contribution in [1.29, 1.82) is 0 Å². The Morgan fingerprint density at radius 3 is 2.50 bits per heavy atom. The van der Waals surface area contributed by atoms with Gasteiger partial charge in [-0.1, -0.05) is 42.5 Å². The number of nitrogens with one attached hydrogen (secondary N) is 1. The van der Waals surface area contributed by atoms with Gasteiger partial charge < -0.3 is 10.2 Å². The Hall–Kier alpha value is -1.65. The van der Waals surface area contributed by atoms with Crippen molar-refractivity contribution in [2.24, 2.45) is 0 Å². The summed E-state index contributed by atoms with van der Waals surface area (Å²) in [6.07, 6.45) is 2.50. The third-order valence-electron chi connectivity index (χ3n) is 4.60. The van der Waals surface area contributed by atoms with Crippen molar-refractivity contribution in [2.45, 2.75) is 25.8 Å². The lowest BCUT2D eigenvalue weighted by atomic mass is 10.0. The molecule has 24 heavy (non-hydrogen) atoms. The maximum Gasteiger partial charge on any atom is 0.253 e. The topological polar surface area (TPSA) is 32.3 Å². The van der Waals surface area contributed by atoms with Gasteiger partial charge in [0, 0.05) is 11.0 Å². The number of amides is 1. The molecule has 3 nitrogen and oxygen atoms in total. The van der Waals surface area contributed by atoms with E-state index >= 15 is 0 Å². The molecule has 0 aliphatic carbocycles. The monoisotopic (exact) mass is 386 g/mol. The van der Waals surface area contributed by atoms with E-state index in [1.807, 2.05) is 43.3 Å². The molecular formula is C20H23BrN2O. The molecule has 1 amide bonds. The molecule has 0 spiro atoms. The second-order valence-electron chi connectivity index (χ2n) is 6.38. The number of carbonyl (C=O) groups is 1. The lowest BCUT2D eigenvalue weighted by molar-refractivity contribution is 0.0926. The summed E-state index contributed by atoms with van der Waals surface area (Å²) >= 11 is 3.51. The Kier molecular flexibility index (Phi) is 5.69. The Bertz CT molecular complexity index is 676. The molecule has 2 aromatic rings. The van der Waals surface area contributed by atoms with Gasteiger partial charge in [0.1, 0.15) is 0 Å². The molecule has 1 saturated heterocycles. The van der Waals surface area contributed by atoms with Crippen LogP contribution >= 0.6 is 15.9 Å². The maximum atomic E-state index is 12.9. The molecule has 1 atom stereocenters. The van der Waals surface area contributed by atoms with Crippen molar-refractivity contribution in [1.82, 2.24) is 10.2 Å². The zero-order valence-corrected chi connectivity index (χ0v) is 15.6. The summed E-state index contributed by atoms with van der Waals surface area (Å²) in [6.45, 7) is 5.07. The van der Waals surface area contributed by atoms with Crippen molar-refractivity contribution in [3.8, 4) is 0 Å². The highest BCUT2D eigenvalue weighted by Crippen LogP contribution is 2.23. The van der Waals surface area contributed by atoms with Crippen molar-refractivity contribution >= 4 is 21.8 Å². The summed E-state index contributed by atoms with van der Waals surface area (Å²) in [6, 6.07) is 16.1. The van der Waals surface area contributed by atoms with Crippen molar-refractivity contribution < 1.29 is 4.79 Å². The van der Waals surface area contributed by atoms with Crippen LogP contribution in [0.5, 0.6) is 0 Å². The number of hydrogen-bond donors (Lipinski definition) is 1. The number of benzene rings is 2. The van der Waals surface area contributed by atoms with Crippen LogP contribution in [0.3, 0.4) is 0 Å². The van der Waals surface area contributed by atoms with Crippen LogP contribution in [0.25, 0.3) is 0 Å². The molecule has 0 aromatic heterocycles. The minimum absolute atomic E-state index is 0.00306. The molecule has 1 N–H and O–H groups in total. The van der Waals surface area contributed by atoms with Crippen molar-refractivity contribution in [3.05, 3.63) is 69.7 Å². The van der Waals surface area contributed by atoms with Gasteiger partial charge in [0.15, 0.2) is 0 Å². The highest BCUT2D eigenvalue weighted by Gasteiger charge is 2.22. The van der Waals surface area contributed by atoms with Gasteiger partial charge in [-0.2, -0.15) is 0 Å². The standard InChI is InChI=1S/C20H23BrN2O/c1-15-8-7-11-17(21)19(15)20(24)22-18(14-23-12-5-6-13-23)16-9-3-2-4-10-16/h2-4,7-11,18H,5-6,12-14H2,1H3,(H,22,24). The van der Waals surface area contributed by atoms with Crippen LogP contribution in [0, 0.1) is 6.92 Å². The van der Waals surface area contributed by atoms with Crippen LogP contribution in [-0.2, 0) is 0 Å². The number of rotatable bonds is 5. The van der Waals surface area contributed by atoms with E-state index in [1.165, 1.54) is 12.8 Å². The predicted molar refractivity (Wildman–Crippen MR) is 101 cm³/mol. The van der Waals surface area contributed by atoms with Crippen LogP contribution in [0.4, 0.5) is 0 Å². The molecule has 3 rings (SSSR count). The van der Waals surface area contributed by atoms with Crippen LogP contribution in [0.1, 0.15) is 40.4 Å². The molecule has 0 radical (unpaired) electrons. The number of aryl methyl sites for hydroxylation is 1. The molecular weight excluding hydrogens is 364 g/mol. The summed E-state index contributed by atoms with van der Waals surface area (Å²) < 4.78 is 0.841. The fourth-order valence-electron chi connectivity index (χ4n) is 3.29. The van der Waals surface area contributed by atoms with Crippen molar-refractivity contribution in [2.75, 3.05) is 19.6 Å². The van der Waals surface area contributed by atoms with Gasteiger partial charge in [-0.25, -0.2) is 0 Å². The van der Waals surface area contributed by atoms with E-state index in [4.69, 9.17) is 0 Å². The zero-order chi connectivity index (χ0) is 16.9. The molecule has 1 fully saturated rings. The molecule has 2 aromatic carbocycles. The first kappa shape index (κ1) is 17.2. The molecule has 4 heteroatoms. The van der Waals surface area contributed by atoms with Crippen molar-refractivity contribution in [3.63, 3.8) is 0 Å². The van der Waals surface area contributed by atoms with E-state index in [2.05, 4.69) is 38.3 Å². The summed E-state index contributed by atoms with van der Waals surface area (Å²) in [5, 5.41) is 3.25. The van der Waals surface area contributed by atoms with Gasteiger partial charge in [-0.3, -0.25) is 4.79 Å². The van der Waals surface area contributed by atoms with E-state index in [9.17, 15) is 4.79 Å². The van der Waals surface area contributed by atoms with Crippen LogP contribution < -0.4 is 5.32 Å². The summed E-state index contributed by atoms with van der Waals surface area (Å²) in [5.41, 5.74) is 2.86. The fraction of sp³-hybridized carbons (Fsp3) is 0.350. The molecule has 126 valence electrons. The predicted octanol–water partition coefficient (Wildman–Crippen LogP) is 4.32. The third kappa shape index (κ3) is 4.05. The van der Waals surface area contributed by atoms with Crippen LogP contribution in [0.2, 0.25) is 0 Å². The lowest BCUT2D eigenvalue weighted by Crippen LogP contribution is -2.37. The quantitative estimate of drug-likeness (QED) is 0.829. The minimum atomic E-state index is -0.0203. The third-order valence-corrected chi connectivity index (χ3v) is 5.26. The maximum absolute atomic E-state index is 12.9. The van der Waals surface area contributed by atoms with Gasteiger partial charge in [-0.15, -0.1) is 0 Å². The molecule has 0 bridgehead atoms. The fourth-order valence-corrected chi connectivity index (χ4v) is 3.94. The SMILES string of the molecule is Cc1cccc(Br)c1C(=O)NC(CN1CCCC1)c1ccccc1. The molecule has 1 unspecified atom stereocenters. The largest absolute Gasteiger partial charge is 0.344 e. The highest BCUT2D eigenvalue weighted by molar-refractivity contribution is 9.10. The smallest absolute Gasteiger partial charge is 0.253 e. The summed E-state index contributed by atoms with van der Waals surface area (Å²) in [4.78, 5) is 15.3. The van der Waals surface area contributed by atoms with E-state index < -0.39 is 0 Å². The zero-order valence-electron chi connectivity index (χ0n) is 14.0. The second-order valence-corrected chi connectivity index (χ2v) is 7.23. The Labute approximate surface area is 152 Å². The number of nitrogens with zero attached hydrogens (tertiary/aromatic N) is 1.